The normalized spacial score (nSPS) is 27.6. The SMILES string of the molecule is O=C(c1cccs1)N(CC1C2CN(CC3(O)CCCCC3)CC21)c1ccc(N2CCOCC2)c(F)c1. The van der Waals surface area contributed by atoms with E-state index in [9.17, 15) is 9.90 Å². The number of rotatable bonds is 7. The van der Waals surface area contributed by atoms with Gasteiger partial charge in [-0.05, 0) is 60.2 Å². The predicted molar refractivity (Wildman–Crippen MR) is 140 cm³/mol. The van der Waals surface area contributed by atoms with Crippen molar-refractivity contribution in [3.8, 4) is 0 Å². The summed E-state index contributed by atoms with van der Waals surface area (Å²) in [7, 11) is 0. The number of carbonyl (C=O) groups is 1. The Kier molecular flexibility index (Phi) is 6.79. The lowest BCUT2D eigenvalue weighted by Crippen LogP contribution is -2.45. The van der Waals surface area contributed by atoms with Crippen LogP contribution < -0.4 is 9.80 Å². The smallest absolute Gasteiger partial charge is 0.268 e. The molecule has 1 N–H and O–H groups in total. The molecule has 6 rings (SSSR count). The molecule has 8 heteroatoms. The number of thiophene rings is 1. The van der Waals surface area contributed by atoms with Crippen LogP contribution in [0.25, 0.3) is 0 Å². The van der Waals surface area contributed by atoms with Crippen LogP contribution in [0, 0.1) is 23.6 Å². The third kappa shape index (κ3) is 4.93. The third-order valence-corrected chi connectivity index (χ3v) is 9.57. The Labute approximate surface area is 216 Å². The maximum absolute atomic E-state index is 15.2. The van der Waals surface area contributed by atoms with Crippen molar-refractivity contribution in [2.24, 2.45) is 17.8 Å². The Morgan fingerprint density at radius 1 is 1.14 bits per heavy atom. The van der Waals surface area contributed by atoms with Gasteiger partial charge in [0.1, 0.15) is 5.82 Å². The van der Waals surface area contributed by atoms with Crippen molar-refractivity contribution in [1.29, 1.82) is 0 Å². The summed E-state index contributed by atoms with van der Waals surface area (Å²) in [6.07, 6.45) is 5.31. The topological polar surface area (TPSA) is 56.2 Å². The van der Waals surface area contributed by atoms with E-state index in [-0.39, 0.29) is 11.7 Å². The molecule has 1 aromatic carbocycles. The van der Waals surface area contributed by atoms with Crippen molar-refractivity contribution in [3.05, 3.63) is 46.4 Å². The fraction of sp³-hybridized carbons (Fsp3) is 0.607. The zero-order valence-electron chi connectivity index (χ0n) is 20.8. The Bertz CT molecular complexity index is 1060. The van der Waals surface area contributed by atoms with Crippen LogP contribution in [0.1, 0.15) is 41.8 Å². The minimum atomic E-state index is -0.522. The second kappa shape index (κ2) is 10.0. The first-order chi connectivity index (χ1) is 17.5. The molecule has 0 bridgehead atoms. The molecule has 4 aliphatic rings. The van der Waals surface area contributed by atoms with Gasteiger partial charge in [0.2, 0.25) is 0 Å². The molecular weight excluding hydrogens is 477 g/mol. The number of aliphatic hydroxyl groups is 1. The highest BCUT2D eigenvalue weighted by Crippen LogP contribution is 2.53. The lowest BCUT2D eigenvalue weighted by molar-refractivity contribution is -0.0243. The molecule has 2 aliphatic carbocycles. The first kappa shape index (κ1) is 24.3. The minimum absolute atomic E-state index is 0.0538. The molecule has 2 saturated carbocycles. The van der Waals surface area contributed by atoms with E-state index in [1.54, 1.807) is 4.90 Å². The van der Waals surface area contributed by atoms with Gasteiger partial charge in [-0.3, -0.25) is 9.69 Å². The number of nitrogens with zero attached hydrogens (tertiary/aromatic N) is 3. The number of ether oxygens (including phenoxy) is 1. The Hall–Kier alpha value is -2.00. The fourth-order valence-corrected chi connectivity index (χ4v) is 7.37. The zero-order chi connectivity index (χ0) is 24.7. The molecule has 6 nitrogen and oxygen atoms in total. The van der Waals surface area contributed by atoms with Gasteiger partial charge in [-0.2, -0.15) is 0 Å². The molecule has 36 heavy (non-hydrogen) atoms. The summed E-state index contributed by atoms with van der Waals surface area (Å²) in [5.41, 5.74) is 0.678. The molecule has 0 spiro atoms. The van der Waals surface area contributed by atoms with E-state index >= 15 is 4.39 Å². The lowest BCUT2D eigenvalue weighted by Gasteiger charge is -2.36. The van der Waals surface area contributed by atoms with E-state index in [4.69, 9.17) is 4.74 Å². The summed E-state index contributed by atoms with van der Waals surface area (Å²) in [6.45, 7) is 5.91. The largest absolute Gasteiger partial charge is 0.389 e. The van der Waals surface area contributed by atoms with Gasteiger partial charge in [-0.15, -0.1) is 11.3 Å². The van der Waals surface area contributed by atoms with Crippen molar-refractivity contribution in [2.45, 2.75) is 37.7 Å². The van der Waals surface area contributed by atoms with Gasteiger partial charge in [-0.25, -0.2) is 4.39 Å². The molecule has 2 aromatic rings. The lowest BCUT2D eigenvalue weighted by atomic mass is 9.84. The first-order valence-corrected chi connectivity index (χ1v) is 14.3. The molecule has 2 aliphatic heterocycles. The summed E-state index contributed by atoms with van der Waals surface area (Å²) >= 11 is 1.43. The average Bonchev–Trinajstić information content (AvgIpc) is 3.27. The molecule has 2 unspecified atom stereocenters. The number of likely N-dealkylation sites (tertiary alicyclic amines) is 1. The number of hydrogen-bond acceptors (Lipinski definition) is 6. The van der Waals surface area contributed by atoms with E-state index in [1.807, 2.05) is 34.5 Å². The molecule has 1 amide bonds. The van der Waals surface area contributed by atoms with Gasteiger partial charge in [0.25, 0.3) is 5.91 Å². The molecule has 2 saturated heterocycles. The van der Waals surface area contributed by atoms with Crippen molar-refractivity contribution >= 4 is 28.6 Å². The number of anilines is 2. The number of β-amino-alcohol motifs (C(OH)–C–C–N with tert-alkyl or cyclic N) is 1. The molecule has 1 aromatic heterocycles. The summed E-state index contributed by atoms with van der Waals surface area (Å²) in [4.78, 5) is 20.4. The van der Waals surface area contributed by atoms with Crippen molar-refractivity contribution in [1.82, 2.24) is 4.90 Å². The number of carbonyl (C=O) groups excluding carboxylic acids is 1. The highest BCUT2D eigenvalue weighted by molar-refractivity contribution is 7.12. The quantitative estimate of drug-likeness (QED) is 0.600. The van der Waals surface area contributed by atoms with Crippen LogP contribution in [0.5, 0.6) is 0 Å². The Balaban J connectivity index is 1.15. The van der Waals surface area contributed by atoms with Crippen LogP contribution in [-0.4, -0.2) is 74.0 Å². The number of halogens is 1. The van der Waals surface area contributed by atoms with Gasteiger partial charge in [0, 0.05) is 45.0 Å². The average molecular weight is 514 g/mol. The highest BCUT2D eigenvalue weighted by atomic mass is 32.1. The van der Waals surface area contributed by atoms with Crippen molar-refractivity contribution in [3.63, 3.8) is 0 Å². The maximum atomic E-state index is 15.2. The van der Waals surface area contributed by atoms with Gasteiger partial charge < -0.3 is 19.6 Å². The summed E-state index contributed by atoms with van der Waals surface area (Å²) in [5.74, 6) is 1.18. The zero-order valence-corrected chi connectivity index (χ0v) is 21.6. The Morgan fingerprint density at radius 2 is 1.89 bits per heavy atom. The summed E-state index contributed by atoms with van der Waals surface area (Å²) < 4.78 is 20.7. The number of piperidine rings is 1. The second-order valence-corrected chi connectivity index (χ2v) is 12.0. The van der Waals surface area contributed by atoms with Crippen LogP contribution in [-0.2, 0) is 4.74 Å². The molecule has 3 heterocycles. The molecular formula is C28H36FN3O3S. The van der Waals surface area contributed by atoms with Crippen LogP contribution in [0.3, 0.4) is 0 Å². The highest BCUT2D eigenvalue weighted by Gasteiger charge is 2.56. The molecule has 4 fully saturated rings. The van der Waals surface area contributed by atoms with E-state index < -0.39 is 5.60 Å². The van der Waals surface area contributed by atoms with Crippen molar-refractivity contribution < 1.29 is 19.0 Å². The maximum Gasteiger partial charge on any atom is 0.268 e. The minimum Gasteiger partial charge on any atom is -0.389 e. The predicted octanol–water partition coefficient (Wildman–Crippen LogP) is 4.24. The van der Waals surface area contributed by atoms with Crippen LogP contribution in [0.2, 0.25) is 0 Å². The Morgan fingerprint density at radius 3 is 2.56 bits per heavy atom. The van der Waals surface area contributed by atoms with Crippen LogP contribution >= 0.6 is 11.3 Å². The van der Waals surface area contributed by atoms with Crippen LogP contribution in [0.15, 0.2) is 35.7 Å². The molecule has 0 radical (unpaired) electrons. The van der Waals surface area contributed by atoms with Gasteiger partial charge in [0.05, 0.1) is 29.4 Å². The van der Waals surface area contributed by atoms with E-state index in [2.05, 4.69) is 4.90 Å². The number of morpholine rings is 1. The van der Waals surface area contributed by atoms with E-state index in [1.165, 1.54) is 23.8 Å². The van der Waals surface area contributed by atoms with Crippen molar-refractivity contribution in [2.75, 3.05) is 62.3 Å². The van der Waals surface area contributed by atoms with Crippen LogP contribution in [0.4, 0.5) is 15.8 Å². The number of hydrogen-bond donors (Lipinski definition) is 1. The third-order valence-electron chi connectivity index (χ3n) is 8.71. The summed E-state index contributed by atoms with van der Waals surface area (Å²) in [5, 5.41) is 12.9. The standard InChI is InChI=1S/C28H36FN3O3S/c29-24-15-20(6-7-25(24)31-10-12-35-13-11-31)32(27(33)26-5-4-14-36-26)18-23-21-16-30(17-22(21)23)19-28(34)8-2-1-3-9-28/h4-7,14-15,21-23,34H,1-3,8-13,16-19H2. The number of amides is 1. The fourth-order valence-electron chi connectivity index (χ4n) is 6.69. The number of benzene rings is 1. The second-order valence-electron chi connectivity index (χ2n) is 11.1. The molecule has 194 valence electrons. The van der Waals surface area contributed by atoms with Gasteiger partial charge >= 0.3 is 0 Å². The van der Waals surface area contributed by atoms with Gasteiger partial charge in [-0.1, -0.05) is 25.3 Å². The number of fused-ring (bicyclic) bond motifs is 1. The molecule has 2 atom stereocenters. The van der Waals surface area contributed by atoms with Gasteiger partial charge in [0.15, 0.2) is 0 Å². The first-order valence-electron chi connectivity index (χ1n) is 13.4. The van der Waals surface area contributed by atoms with E-state index in [0.29, 0.717) is 66.9 Å². The monoisotopic (exact) mass is 513 g/mol. The summed E-state index contributed by atoms with van der Waals surface area (Å²) in [6, 6.07) is 8.96. The van der Waals surface area contributed by atoms with E-state index in [0.717, 1.165) is 45.3 Å².